The van der Waals surface area contributed by atoms with Crippen molar-refractivity contribution in [2.45, 2.75) is 36.6 Å². The maximum absolute atomic E-state index is 13.4. The van der Waals surface area contributed by atoms with E-state index in [2.05, 4.69) is 30.8 Å². The lowest BCUT2D eigenvalue weighted by Gasteiger charge is -2.36. The number of hydrogen-bond acceptors (Lipinski definition) is 13. The molecule has 302 valence electrons. The SMILES string of the molecule is COc1cc(N2CCN(C(=O)CCCSc3cccc4c3C(=O)N(C3CCC(=O)NC3=O)C4=O)CC2)ccc1Nc1ncc(Cl)c(Nc2ccccc2P(C)(C)=O)n1. The molecular weight excluding hydrogens is 803 g/mol. The van der Waals surface area contributed by atoms with E-state index in [0.29, 0.717) is 82.9 Å². The Balaban J connectivity index is 0.906. The molecule has 2 fully saturated rings. The summed E-state index contributed by atoms with van der Waals surface area (Å²) >= 11 is 7.84. The number of aromatic nitrogens is 2. The Hall–Kier alpha value is -5.44. The summed E-state index contributed by atoms with van der Waals surface area (Å²) in [6.07, 6.45) is 2.54. The Kier molecular flexibility index (Phi) is 12.1. The normalized spacial score (nSPS) is 17.0. The van der Waals surface area contributed by atoms with Gasteiger partial charge in [-0.3, -0.25) is 34.2 Å². The van der Waals surface area contributed by atoms with Gasteiger partial charge in [0.15, 0.2) is 5.82 Å². The van der Waals surface area contributed by atoms with Gasteiger partial charge in [-0.1, -0.05) is 29.8 Å². The number of nitrogens with zero attached hydrogens (tertiary/aromatic N) is 5. The zero-order chi connectivity index (χ0) is 41.1. The molecule has 58 heavy (non-hydrogen) atoms. The van der Waals surface area contributed by atoms with E-state index in [4.69, 9.17) is 16.3 Å². The second kappa shape index (κ2) is 17.2. The van der Waals surface area contributed by atoms with Crippen molar-refractivity contribution in [3.05, 3.63) is 83.0 Å². The Morgan fingerprint density at radius 3 is 2.50 bits per heavy atom. The lowest BCUT2D eigenvalue weighted by atomic mass is 10.0. The zero-order valence-electron chi connectivity index (χ0n) is 32.1. The zero-order valence-corrected chi connectivity index (χ0v) is 34.6. The van der Waals surface area contributed by atoms with Gasteiger partial charge in [-0.15, -0.1) is 11.8 Å². The lowest BCUT2D eigenvalue weighted by molar-refractivity contribution is -0.136. The average Bonchev–Trinajstić information content (AvgIpc) is 3.46. The number of anilines is 5. The summed E-state index contributed by atoms with van der Waals surface area (Å²) in [6, 6.07) is 17.1. The third kappa shape index (κ3) is 8.69. The number of amides is 5. The summed E-state index contributed by atoms with van der Waals surface area (Å²) in [7, 11) is -0.994. The topological polar surface area (TPSA) is 183 Å². The number of hydrogen-bond donors (Lipinski definition) is 3. The van der Waals surface area contributed by atoms with Crippen LogP contribution in [0.25, 0.3) is 0 Å². The van der Waals surface area contributed by atoms with E-state index >= 15 is 0 Å². The first-order valence-electron chi connectivity index (χ1n) is 18.7. The van der Waals surface area contributed by atoms with Crippen LogP contribution in [-0.2, 0) is 18.9 Å². The molecule has 3 aromatic carbocycles. The van der Waals surface area contributed by atoms with Gasteiger partial charge in [0.05, 0.1) is 35.8 Å². The number of ether oxygens (including phenoxy) is 1. The summed E-state index contributed by atoms with van der Waals surface area (Å²) in [4.78, 5) is 78.4. The monoisotopic (exact) mass is 844 g/mol. The number of rotatable bonds is 13. The first-order chi connectivity index (χ1) is 27.8. The van der Waals surface area contributed by atoms with Crippen LogP contribution in [0, 0.1) is 0 Å². The minimum absolute atomic E-state index is 0.0460. The van der Waals surface area contributed by atoms with Crippen LogP contribution in [0.1, 0.15) is 46.4 Å². The van der Waals surface area contributed by atoms with Gasteiger partial charge in [0.1, 0.15) is 24.0 Å². The van der Waals surface area contributed by atoms with Crippen molar-refractivity contribution in [3.8, 4) is 5.75 Å². The van der Waals surface area contributed by atoms with E-state index < -0.39 is 36.8 Å². The van der Waals surface area contributed by atoms with Crippen LogP contribution in [0.4, 0.5) is 28.8 Å². The highest BCUT2D eigenvalue weighted by atomic mass is 35.5. The molecule has 1 aromatic heterocycles. The predicted molar refractivity (Wildman–Crippen MR) is 224 cm³/mol. The quantitative estimate of drug-likeness (QED) is 0.0665. The molecule has 1 atom stereocenters. The van der Waals surface area contributed by atoms with Crippen molar-refractivity contribution in [3.63, 3.8) is 0 Å². The number of piperidine rings is 1. The van der Waals surface area contributed by atoms with Crippen LogP contribution in [0.15, 0.2) is 71.8 Å². The van der Waals surface area contributed by atoms with E-state index in [1.807, 2.05) is 47.4 Å². The number of halogens is 1. The number of nitrogens with one attached hydrogen (secondary N) is 3. The second-order valence-electron chi connectivity index (χ2n) is 14.3. The molecule has 3 N–H and O–H groups in total. The Bertz CT molecular complexity index is 2350. The van der Waals surface area contributed by atoms with Crippen LogP contribution < -0.4 is 30.9 Å². The largest absolute Gasteiger partial charge is 0.494 e. The van der Waals surface area contributed by atoms with E-state index in [-0.39, 0.29) is 35.8 Å². The fourth-order valence-corrected chi connectivity index (χ4v) is 9.49. The number of carbonyl (C=O) groups excluding carboxylic acids is 5. The Labute approximate surface area is 344 Å². The smallest absolute Gasteiger partial charge is 0.263 e. The molecule has 2 saturated heterocycles. The second-order valence-corrected chi connectivity index (χ2v) is 19.1. The molecule has 15 nitrogen and oxygen atoms in total. The summed E-state index contributed by atoms with van der Waals surface area (Å²) in [5.74, 6) is -0.348. The molecule has 1 unspecified atom stereocenters. The van der Waals surface area contributed by atoms with E-state index in [1.165, 1.54) is 18.0 Å². The standard InChI is InChI=1S/C40H42ClN8O7PS/c1-56-30-22-24(13-14-27(30)44-40-42-23-26(41)36(46-40)43-28-9-4-5-10-31(28)57(2,3)55)47-17-19-48(20-18-47)34(51)12-7-21-58-32-11-6-8-25-35(32)39(54)49(38(25)53)29-15-16-33(50)45-37(29)52/h4-6,8-11,13-14,22-23,29H,7,12,15-21H2,1-3H3,(H,45,50,52)(H2,42,43,44,46). The van der Waals surface area contributed by atoms with Gasteiger partial charge < -0.3 is 29.7 Å². The van der Waals surface area contributed by atoms with Crippen LogP contribution in [0.2, 0.25) is 5.02 Å². The Morgan fingerprint density at radius 2 is 1.76 bits per heavy atom. The molecular formula is C40H42ClN8O7PS. The van der Waals surface area contributed by atoms with E-state index in [9.17, 15) is 28.5 Å². The van der Waals surface area contributed by atoms with Gasteiger partial charge in [-0.2, -0.15) is 4.98 Å². The molecule has 3 aliphatic heterocycles. The third-order valence-electron chi connectivity index (χ3n) is 10.1. The molecule has 5 amide bonds. The summed E-state index contributed by atoms with van der Waals surface area (Å²) in [6.45, 7) is 5.78. The molecule has 4 heterocycles. The third-order valence-corrected chi connectivity index (χ3v) is 13.1. The van der Waals surface area contributed by atoms with Gasteiger partial charge in [0.25, 0.3) is 11.8 Å². The number of para-hydroxylation sites is 1. The minimum Gasteiger partial charge on any atom is -0.494 e. The summed E-state index contributed by atoms with van der Waals surface area (Å²) in [5, 5.41) is 9.62. The number of methoxy groups -OCH3 is 1. The van der Waals surface area contributed by atoms with Gasteiger partial charge in [-0.25, -0.2) is 4.98 Å². The van der Waals surface area contributed by atoms with E-state index in [1.54, 1.807) is 38.6 Å². The van der Waals surface area contributed by atoms with Crippen molar-refractivity contribution >= 4 is 94.2 Å². The number of piperazine rings is 1. The van der Waals surface area contributed by atoms with Crippen molar-refractivity contribution in [1.82, 2.24) is 25.1 Å². The molecule has 7 rings (SSSR count). The summed E-state index contributed by atoms with van der Waals surface area (Å²) < 4.78 is 18.6. The predicted octanol–water partition coefficient (Wildman–Crippen LogP) is 5.50. The van der Waals surface area contributed by atoms with Gasteiger partial charge >= 0.3 is 0 Å². The van der Waals surface area contributed by atoms with E-state index in [0.717, 1.165) is 10.6 Å². The summed E-state index contributed by atoms with van der Waals surface area (Å²) in [5.41, 5.74) is 2.72. The molecule has 4 aromatic rings. The molecule has 0 aliphatic carbocycles. The molecule has 0 saturated carbocycles. The highest BCUT2D eigenvalue weighted by Gasteiger charge is 2.45. The maximum atomic E-state index is 13.4. The highest BCUT2D eigenvalue weighted by molar-refractivity contribution is 7.99. The number of benzene rings is 3. The highest BCUT2D eigenvalue weighted by Crippen LogP contribution is 2.39. The minimum atomic E-state index is -2.58. The molecule has 0 bridgehead atoms. The number of carbonyl (C=O) groups is 5. The van der Waals surface area contributed by atoms with Gasteiger partial charge in [-0.05, 0) is 68.3 Å². The first-order valence-corrected chi connectivity index (χ1v) is 22.7. The number of imide groups is 2. The maximum Gasteiger partial charge on any atom is 0.263 e. The lowest BCUT2D eigenvalue weighted by Crippen LogP contribution is -2.54. The molecule has 3 aliphatic rings. The van der Waals surface area contributed by atoms with Crippen molar-refractivity contribution in [2.24, 2.45) is 0 Å². The number of fused-ring (bicyclic) bond motifs is 1. The van der Waals surface area contributed by atoms with Gasteiger partial charge in [0, 0.05) is 61.0 Å². The Morgan fingerprint density at radius 1 is 0.983 bits per heavy atom. The van der Waals surface area contributed by atoms with Crippen molar-refractivity contribution < 1.29 is 33.3 Å². The number of thioether (sulfide) groups is 1. The van der Waals surface area contributed by atoms with Crippen LogP contribution in [-0.4, -0.2) is 108 Å². The van der Waals surface area contributed by atoms with Crippen molar-refractivity contribution in [2.75, 3.05) is 67.9 Å². The van der Waals surface area contributed by atoms with Crippen molar-refractivity contribution in [1.29, 1.82) is 0 Å². The fourth-order valence-electron chi connectivity index (χ4n) is 7.17. The molecule has 18 heteroatoms. The van der Waals surface area contributed by atoms with Crippen LogP contribution in [0.3, 0.4) is 0 Å². The average molecular weight is 845 g/mol. The first kappa shape index (κ1) is 40.7. The fraction of sp³-hybridized carbons (Fsp3) is 0.325. The molecule has 0 radical (unpaired) electrons. The van der Waals surface area contributed by atoms with Gasteiger partial charge in [0.2, 0.25) is 23.7 Å². The van der Waals surface area contributed by atoms with Crippen LogP contribution >= 0.6 is 30.5 Å². The molecule has 0 spiro atoms. The van der Waals surface area contributed by atoms with Crippen LogP contribution in [0.5, 0.6) is 5.75 Å².